The summed E-state index contributed by atoms with van der Waals surface area (Å²) in [5.74, 6) is 0.441. The summed E-state index contributed by atoms with van der Waals surface area (Å²) in [5, 5.41) is 4.31. The molecule has 23 heavy (non-hydrogen) atoms. The monoisotopic (exact) mass is 353 g/mol. The van der Waals surface area contributed by atoms with Crippen LogP contribution >= 0.6 is 11.3 Å². The summed E-state index contributed by atoms with van der Waals surface area (Å²) >= 11 is 1.73. The van der Waals surface area contributed by atoms with Gasteiger partial charge in [-0.05, 0) is 46.9 Å². The lowest BCUT2D eigenvalue weighted by Crippen LogP contribution is -2.31. The lowest BCUT2D eigenvalue weighted by atomic mass is 10.1. The second kappa shape index (κ2) is 7.17. The summed E-state index contributed by atoms with van der Waals surface area (Å²) in [6.45, 7) is 4.34. The van der Waals surface area contributed by atoms with E-state index in [1.54, 1.807) is 11.3 Å². The van der Waals surface area contributed by atoms with Crippen molar-refractivity contribution in [1.29, 1.82) is 0 Å². The third-order valence-corrected chi connectivity index (χ3v) is 5.64. The van der Waals surface area contributed by atoms with Crippen molar-refractivity contribution in [3.8, 4) is 0 Å². The quantitative estimate of drug-likeness (QED) is 0.865. The van der Waals surface area contributed by atoms with E-state index in [0.29, 0.717) is 12.5 Å². The SMILES string of the molecule is CS(=O)(=O)NCC[C@H]1CN(Cc2ccsc2)Cc2cccn2C1. The topological polar surface area (TPSA) is 54.3 Å². The Morgan fingerprint density at radius 3 is 2.96 bits per heavy atom. The van der Waals surface area contributed by atoms with Crippen LogP contribution in [0.2, 0.25) is 0 Å². The zero-order valence-corrected chi connectivity index (χ0v) is 14.9. The third-order valence-electron chi connectivity index (χ3n) is 4.18. The van der Waals surface area contributed by atoms with Crippen LogP contribution in [0.25, 0.3) is 0 Å². The van der Waals surface area contributed by atoms with Gasteiger partial charge in [0.05, 0.1) is 6.26 Å². The van der Waals surface area contributed by atoms with E-state index in [2.05, 4.69) is 49.3 Å². The van der Waals surface area contributed by atoms with Gasteiger partial charge in [0.2, 0.25) is 10.0 Å². The van der Waals surface area contributed by atoms with E-state index in [9.17, 15) is 8.42 Å². The summed E-state index contributed by atoms with van der Waals surface area (Å²) in [5.41, 5.74) is 2.68. The molecule has 2 aromatic rings. The molecule has 0 aliphatic carbocycles. The molecular weight excluding hydrogens is 330 g/mol. The number of rotatable bonds is 6. The Labute approximate surface area is 142 Å². The smallest absolute Gasteiger partial charge is 0.208 e. The number of sulfonamides is 1. The Morgan fingerprint density at radius 2 is 2.22 bits per heavy atom. The average molecular weight is 354 g/mol. The number of aromatic nitrogens is 1. The van der Waals surface area contributed by atoms with Crippen LogP contribution in [0.5, 0.6) is 0 Å². The lowest BCUT2D eigenvalue weighted by Gasteiger charge is -2.23. The molecule has 0 aromatic carbocycles. The van der Waals surface area contributed by atoms with Gasteiger partial charge in [-0.1, -0.05) is 0 Å². The minimum absolute atomic E-state index is 0.441. The predicted molar refractivity (Wildman–Crippen MR) is 93.8 cm³/mol. The van der Waals surface area contributed by atoms with Crippen molar-refractivity contribution >= 4 is 21.4 Å². The third kappa shape index (κ3) is 4.91. The highest BCUT2D eigenvalue weighted by Gasteiger charge is 2.21. The first-order valence-electron chi connectivity index (χ1n) is 7.82. The largest absolute Gasteiger partial charge is 0.350 e. The van der Waals surface area contributed by atoms with Crippen LogP contribution in [0.15, 0.2) is 35.2 Å². The molecule has 1 N–H and O–H groups in total. The van der Waals surface area contributed by atoms with Crippen molar-refractivity contribution in [3.63, 3.8) is 0 Å². The van der Waals surface area contributed by atoms with Crippen LogP contribution < -0.4 is 4.72 Å². The van der Waals surface area contributed by atoms with Gasteiger partial charge in [0.25, 0.3) is 0 Å². The summed E-state index contributed by atoms with van der Waals surface area (Å²) in [4.78, 5) is 2.46. The number of nitrogens with one attached hydrogen (secondary N) is 1. The Kier molecular flexibility index (Phi) is 5.21. The minimum Gasteiger partial charge on any atom is -0.350 e. The van der Waals surface area contributed by atoms with Crippen molar-refractivity contribution in [2.24, 2.45) is 5.92 Å². The van der Waals surface area contributed by atoms with E-state index >= 15 is 0 Å². The van der Waals surface area contributed by atoms with E-state index in [-0.39, 0.29) is 0 Å². The molecule has 3 heterocycles. The average Bonchev–Trinajstić information content (AvgIpc) is 3.07. The molecule has 1 aliphatic heterocycles. The number of hydrogen-bond acceptors (Lipinski definition) is 4. The molecule has 1 aliphatic rings. The van der Waals surface area contributed by atoms with E-state index in [0.717, 1.165) is 32.6 Å². The Morgan fingerprint density at radius 1 is 1.35 bits per heavy atom. The summed E-state index contributed by atoms with van der Waals surface area (Å²) in [6, 6.07) is 6.45. The van der Waals surface area contributed by atoms with Crippen LogP contribution in [-0.2, 0) is 29.7 Å². The standard InChI is InChI=1S/C16H23N3O2S2/c1-23(20,21)17-6-4-14-9-18(10-15-5-8-22-13-15)12-16-3-2-7-19(16)11-14/h2-3,5,7-8,13-14,17H,4,6,9-12H2,1H3/t14-/m0/s1. The van der Waals surface area contributed by atoms with E-state index in [1.165, 1.54) is 17.5 Å². The molecule has 0 fully saturated rings. The van der Waals surface area contributed by atoms with Crippen molar-refractivity contribution in [2.45, 2.75) is 26.1 Å². The lowest BCUT2D eigenvalue weighted by molar-refractivity contribution is 0.216. The number of fused-ring (bicyclic) bond motifs is 1. The predicted octanol–water partition coefficient (Wildman–Crippen LogP) is 2.12. The second-order valence-corrected chi connectivity index (χ2v) is 8.89. The molecule has 5 nitrogen and oxygen atoms in total. The van der Waals surface area contributed by atoms with Crippen LogP contribution in [0, 0.1) is 5.92 Å². The second-order valence-electron chi connectivity index (χ2n) is 6.27. The molecule has 126 valence electrons. The van der Waals surface area contributed by atoms with Gasteiger partial charge in [-0.25, -0.2) is 13.1 Å². The van der Waals surface area contributed by atoms with Crippen LogP contribution in [0.4, 0.5) is 0 Å². The van der Waals surface area contributed by atoms with E-state index < -0.39 is 10.0 Å². The van der Waals surface area contributed by atoms with Gasteiger partial charge in [0.15, 0.2) is 0 Å². The molecule has 7 heteroatoms. The fraction of sp³-hybridized carbons (Fsp3) is 0.500. The summed E-state index contributed by atoms with van der Waals surface area (Å²) in [7, 11) is -3.11. The van der Waals surface area contributed by atoms with Crippen molar-refractivity contribution in [2.75, 3.05) is 19.3 Å². The molecule has 0 saturated carbocycles. The van der Waals surface area contributed by atoms with Gasteiger partial charge in [0, 0.05) is 44.6 Å². The van der Waals surface area contributed by atoms with Gasteiger partial charge in [-0.3, -0.25) is 4.90 Å². The van der Waals surface area contributed by atoms with Crippen molar-refractivity contribution in [3.05, 3.63) is 46.4 Å². The molecule has 0 amide bonds. The fourth-order valence-electron chi connectivity index (χ4n) is 3.16. The first-order chi connectivity index (χ1) is 11.0. The van der Waals surface area contributed by atoms with Gasteiger partial charge < -0.3 is 4.57 Å². The summed E-state index contributed by atoms with van der Waals surface area (Å²) in [6.07, 6.45) is 4.19. The molecule has 2 aromatic heterocycles. The minimum atomic E-state index is -3.11. The zero-order chi connectivity index (χ0) is 16.3. The molecule has 3 rings (SSSR count). The van der Waals surface area contributed by atoms with Crippen LogP contribution in [0.1, 0.15) is 17.7 Å². The Hall–Kier alpha value is -1.15. The first kappa shape index (κ1) is 16.7. The van der Waals surface area contributed by atoms with Crippen molar-refractivity contribution < 1.29 is 8.42 Å². The molecule has 0 spiro atoms. The van der Waals surface area contributed by atoms with E-state index in [1.807, 2.05) is 0 Å². The van der Waals surface area contributed by atoms with Crippen LogP contribution in [-0.4, -0.2) is 37.2 Å². The number of nitrogens with zero attached hydrogens (tertiary/aromatic N) is 2. The normalized spacial score (nSPS) is 19.4. The summed E-state index contributed by atoms with van der Waals surface area (Å²) < 4.78 is 27.4. The Balaban J connectivity index is 1.67. The van der Waals surface area contributed by atoms with Gasteiger partial charge in [0.1, 0.15) is 0 Å². The van der Waals surface area contributed by atoms with Gasteiger partial charge in [-0.2, -0.15) is 11.3 Å². The van der Waals surface area contributed by atoms with Gasteiger partial charge in [-0.15, -0.1) is 0 Å². The molecule has 1 atom stereocenters. The molecule has 0 unspecified atom stereocenters. The highest BCUT2D eigenvalue weighted by molar-refractivity contribution is 7.88. The molecule has 0 saturated heterocycles. The fourth-order valence-corrected chi connectivity index (χ4v) is 4.31. The maximum atomic E-state index is 11.2. The number of thiophene rings is 1. The van der Waals surface area contributed by atoms with Gasteiger partial charge >= 0.3 is 0 Å². The first-order valence-corrected chi connectivity index (χ1v) is 10.6. The molecular formula is C16H23N3O2S2. The maximum absolute atomic E-state index is 11.2. The zero-order valence-electron chi connectivity index (χ0n) is 13.3. The maximum Gasteiger partial charge on any atom is 0.208 e. The molecule has 0 radical (unpaired) electrons. The Bertz CT molecular complexity index is 722. The molecule has 0 bridgehead atoms. The van der Waals surface area contributed by atoms with Crippen LogP contribution in [0.3, 0.4) is 0 Å². The van der Waals surface area contributed by atoms with E-state index in [4.69, 9.17) is 0 Å². The highest BCUT2D eigenvalue weighted by Crippen LogP contribution is 2.21. The number of hydrogen-bond donors (Lipinski definition) is 1. The highest BCUT2D eigenvalue weighted by atomic mass is 32.2. The van der Waals surface area contributed by atoms with Crippen molar-refractivity contribution in [1.82, 2.24) is 14.2 Å².